The first kappa shape index (κ1) is 51.8. The van der Waals surface area contributed by atoms with E-state index in [0.29, 0.717) is 30.6 Å². The number of nitrogens with two attached hydrogens (primary N) is 1. The molecule has 1 saturated heterocycles. The summed E-state index contributed by atoms with van der Waals surface area (Å²) in [7, 11) is 4.00. The van der Waals surface area contributed by atoms with E-state index in [9.17, 15) is 32.4 Å². The number of anilines is 1. The summed E-state index contributed by atoms with van der Waals surface area (Å²) in [6.45, 7) is 13.6. The number of nitrogens with zero attached hydrogens (tertiary/aromatic N) is 3. The van der Waals surface area contributed by atoms with Crippen molar-refractivity contribution >= 4 is 45.2 Å². The van der Waals surface area contributed by atoms with Crippen LogP contribution in [0.3, 0.4) is 0 Å². The van der Waals surface area contributed by atoms with Crippen molar-refractivity contribution in [1.29, 1.82) is 0 Å². The molecule has 3 rings (SSSR count). The van der Waals surface area contributed by atoms with Crippen molar-refractivity contribution in [2.24, 2.45) is 23.7 Å². The molecule has 62 heavy (non-hydrogen) atoms. The maximum Gasteiger partial charge on any atom is 0.264 e. The monoisotopic (exact) mass is 886 g/mol. The molecule has 5 N–H and O–H groups in total. The second kappa shape index (κ2) is 23.2. The van der Waals surface area contributed by atoms with Crippen LogP contribution in [0.4, 0.5) is 5.69 Å². The smallest absolute Gasteiger partial charge is 0.264 e. The molecule has 8 atom stereocenters. The van der Waals surface area contributed by atoms with Gasteiger partial charge in [-0.05, 0) is 74.5 Å². The van der Waals surface area contributed by atoms with E-state index >= 15 is 0 Å². The Morgan fingerprint density at radius 2 is 1.42 bits per heavy atom. The molecule has 16 nitrogen and oxygen atoms in total. The number of likely N-dealkylation sites (N-methyl/N-ethyl adjacent to an activating group) is 2. The Kier molecular flexibility index (Phi) is 19.4. The van der Waals surface area contributed by atoms with E-state index in [0.717, 1.165) is 0 Å². The summed E-state index contributed by atoms with van der Waals surface area (Å²) in [6, 6.07) is 10.7. The van der Waals surface area contributed by atoms with Gasteiger partial charge in [-0.15, -0.1) is 0 Å². The van der Waals surface area contributed by atoms with Gasteiger partial charge in [-0.2, -0.15) is 0 Å². The lowest BCUT2D eigenvalue weighted by molar-refractivity contribution is -0.147. The minimum Gasteiger partial charge on any atom is -0.399 e. The van der Waals surface area contributed by atoms with Crippen LogP contribution in [0.5, 0.6) is 0 Å². The highest BCUT2D eigenvalue weighted by atomic mass is 32.2. The van der Waals surface area contributed by atoms with Gasteiger partial charge in [-0.3, -0.25) is 28.9 Å². The Morgan fingerprint density at radius 1 is 0.806 bits per heavy atom. The first-order valence-electron chi connectivity index (χ1n) is 21.4. The molecule has 1 aliphatic rings. The zero-order valence-corrected chi connectivity index (χ0v) is 39.4. The molecule has 346 valence electrons. The summed E-state index contributed by atoms with van der Waals surface area (Å²) >= 11 is 0. The number of rotatable bonds is 22. The molecular formula is C45H71N7O9S. The first-order chi connectivity index (χ1) is 29.1. The Labute approximate surface area is 369 Å². The molecule has 1 fully saturated rings. The summed E-state index contributed by atoms with van der Waals surface area (Å²) in [5, 5.41) is 5.76. The Morgan fingerprint density at radius 3 is 1.94 bits per heavy atom. The summed E-state index contributed by atoms with van der Waals surface area (Å²) in [5.74, 6) is -3.49. The Hall–Kier alpha value is -4.58. The quantitative estimate of drug-likeness (QED) is 0.126. The minimum absolute atomic E-state index is 0.000709. The highest BCUT2D eigenvalue weighted by Gasteiger charge is 2.43. The van der Waals surface area contributed by atoms with Gasteiger partial charge >= 0.3 is 0 Å². The Balaban J connectivity index is 1.81. The van der Waals surface area contributed by atoms with E-state index < -0.39 is 70.2 Å². The highest BCUT2D eigenvalue weighted by Crippen LogP contribution is 2.29. The van der Waals surface area contributed by atoms with Crippen LogP contribution < -0.4 is 21.1 Å². The molecule has 0 bridgehead atoms. The molecule has 17 heteroatoms. The third-order valence-corrected chi connectivity index (χ3v) is 13.1. The maximum atomic E-state index is 14.3. The first-order valence-corrected chi connectivity index (χ1v) is 22.9. The molecule has 0 aliphatic carbocycles. The van der Waals surface area contributed by atoms with Crippen LogP contribution in [0.2, 0.25) is 0 Å². The van der Waals surface area contributed by atoms with Crippen molar-refractivity contribution in [3.8, 4) is 0 Å². The average molecular weight is 886 g/mol. The summed E-state index contributed by atoms with van der Waals surface area (Å²) in [6.07, 6.45) is -0.385. The molecule has 0 saturated carbocycles. The van der Waals surface area contributed by atoms with E-state index in [1.807, 2.05) is 60.5 Å². The number of sulfonamides is 1. The number of ether oxygens (including phenoxy) is 2. The van der Waals surface area contributed by atoms with Crippen LogP contribution >= 0.6 is 0 Å². The van der Waals surface area contributed by atoms with Crippen molar-refractivity contribution in [2.75, 3.05) is 47.6 Å². The number of carbonyl (C=O) groups is 5. The zero-order chi connectivity index (χ0) is 46.6. The van der Waals surface area contributed by atoms with Gasteiger partial charge in [0, 0.05) is 39.9 Å². The van der Waals surface area contributed by atoms with Gasteiger partial charge < -0.3 is 35.6 Å². The molecule has 1 heterocycles. The van der Waals surface area contributed by atoms with E-state index in [2.05, 4.69) is 15.4 Å². The van der Waals surface area contributed by atoms with Gasteiger partial charge in [-0.1, -0.05) is 78.8 Å². The van der Waals surface area contributed by atoms with Crippen LogP contribution in [0.15, 0.2) is 59.5 Å². The number of hydrogen-bond acceptors (Lipinski definition) is 11. The molecular weight excluding hydrogens is 815 g/mol. The van der Waals surface area contributed by atoms with Crippen LogP contribution in [0.25, 0.3) is 0 Å². The van der Waals surface area contributed by atoms with Crippen molar-refractivity contribution < 1.29 is 41.9 Å². The van der Waals surface area contributed by atoms with Gasteiger partial charge in [0.2, 0.25) is 23.6 Å². The second-order valence-electron chi connectivity index (χ2n) is 17.6. The second-order valence-corrected chi connectivity index (χ2v) is 19.3. The molecule has 2 aromatic carbocycles. The lowest BCUT2D eigenvalue weighted by Gasteiger charge is -2.40. The number of methoxy groups -OCH3 is 2. The molecule has 2 unspecified atom stereocenters. The van der Waals surface area contributed by atoms with E-state index in [4.69, 9.17) is 15.2 Å². The van der Waals surface area contributed by atoms with Gasteiger partial charge in [0.25, 0.3) is 15.9 Å². The zero-order valence-electron chi connectivity index (χ0n) is 38.6. The van der Waals surface area contributed by atoms with Gasteiger partial charge in [-0.25, -0.2) is 13.1 Å². The summed E-state index contributed by atoms with van der Waals surface area (Å²) < 4.78 is 40.4. The lowest BCUT2D eigenvalue weighted by atomic mass is 9.91. The fourth-order valence-corrected chi connectivity index (χ4v) is 9.59. The minimum atomic E-state index is -4.30. The normalized spacial score (nSPS) is 17.9. The van der Waals surface area contributed by atoms with Gasteiger partial charge in [0.15, 0.2) is 0 Å². The van der Waals surface area contributed by atoms with Crippen LogP contribution in [-0.2, 0) is 49.9 Å². The van der Waals surface area contributed by atoms with Crippen molar-refractivity contribution in [1.82, 2.24) is 30.1 Å². The molecule has 0 radical (unpaired) electrons. The highest BCUT2D eigenvalue weighted by molar-refractivity contribution is 7.90. The third-order valence-electron chi connectivity index (χ3n) is 11.7. The van der Waals surface area contributed by atoms with Crippen molar-refractivity contribution in [3.63, 3.8) is 0 Å². The molecule has 2 aromatic rings. The fourth-order valence-electron chi connectivity index (χ4n) is 8.57. The van der Waals surface area contributed by atoms with E-state index in [-0.39, 0.29) is 53.2 Å². The maximum absolute atomic E-state index is 14.3. The largest absolute Gasteiger partial charge is 0.399 e. The van der Waals surface area contributed by atoms with E-state index in [1.165, 1.54) is 38.5 Å². The number of nitrogen functional groups attached to an aromatic ring is 1. The SMILES string of the molecule is CO[C@H]([C@@H](C)C(=O)N[C@@H](Cc1ccccc1)C(=O)NS(=O)(=O)c1ccc(N)cc1)[C@@H]1CCCN1C(=O)C[C@@H](OC)C(C(C)C)N(C)C(=O)[C@@H](NC(=O)C(C(C)C)N(C)C)C(C)C. The fraction of sp³-hybridized carbons (Fsp3) is 0.622. The molecule has 0 spiro atoms. The van der Waals surface area contributed by atoms with Crippen LogP contribution in [0, 0.1) is 23.7 Å². The lowest BCUT2D eigenvalue weighted by Crippen LogP contribution is -2.59. The van der Waals surface area contributed by atoms with Crippen molar-refractivity contribution in [3.05, 3.63) is 60.2 Å². The predicted octanol–water partition coefficient (Wildman–Crippen LogP) is 3.06. The Bertz CT molecular complexity index is 1900. The summed E-state index contributed by atoms with van der Waals surface area (Å²) in [4.78, 5) is 74.6. The predicted molar refractivity (Wildman–Crippen MR) is 239 cm³/mol. The number of likely N-dealkylation sites (tertiary alicyclic amines) is 1. The van der Waals surface area contributed by atoms with Crippen LogP contribution in [0.1, 0.15) is 73.3 Å². The number of hydrogen-bond donors (Lipinski definition) is 4. The average Bonchev–Trinajstić information content (AvgIpc) is 3.69. The molecule has 5 amide bonds. The van der Waals surface area contributed by atoms with Crippen molar-refractivity contribution in [2.45, 2.75) is 121 Å². The standard InChI is InChI=1S/C45H71N7O9S/c1-27(2)38(48-44(56)40(29(5)6)50(8)9)45(57)51(10)39(28(3)4)36(60-11)26-37(53)52-24-16-19-35(52)41(61-12)30(7)42(54)47-34(25-31-17-14-13-15-18-31)43(55)49-62(58,59)33-22-20-32(46)21-23-33/h13-15,17-18,20-23,27-30,34-36,38-41H,16,19,24-26,46H2,1-12H3,(H,47,54)(H,48,56)(H,49,55)/t30-,34+,35+,36-,38+,39?,40?,41-/m1/s1. The van der Waals surface area contributed by atoms with Gasteiger partial charge in [0.05, 0.1) is 47.6 Å². The number of benzene rings is 2. The third kappa shape index (κ3) is 13.5. The molecule has 1 aliphatic heterocycles. The molecule has 0 aromatic heterocycles. The van der Waals surface area contributed by atoms with E-state index in [1.54, 1.807) is 54.1 Å². The topological polar surface area (TPSA) is 210 Å². The number of nitrogens with one attached hydrogen (secondary N) is 3. The number of carbonyl (C=O) groups excluding carboxylic acids is 5. The number of amides is 5. The summed E-state index contributed by atoms with van der Waals surface area (Å²) in [5.41, 5.74) is 6.76. The van der Waals surface area contributed by atoms with Crippen LogP contribution in [-0.4, -0.2) is 137 Å². The van der Waals surface area contributed by atoms with Gasteiger partial charge in [0.1, 0.15) is 12.1 Å².